The first-order valence-corrected chi connectivity index (χ1v) is 10.5. The molecule has 0 atom stereocenters. The van der Waals surface area contributed by atoms with Gasteiger partial charge in [0.05, 0.1) is 28.2 Å². The van der Waals surface area contributed by atoms with E-state index in [9.17, 15) is 13.2 Å². The Kier molecular flexibility index (Phi) is 6.86. The molecule has 1 N–H and O–H groups in total. The quantitative estimate of drug-likeness (QED) is 0.565. The van der Waals surface area contributed by atoms with Crippen molar-refractivity contribution in [1.82, 2.24) is 5.43 Å². The lowest BCUT2D eigenvalue weighted by atomic mass is 10.1. The van der Waals surface area contributed by atoms with Crippen LogP contribution in [0.3, 0.4) is 0 Å². The predicted octanol–water partition coefficient (Wildman–Crippen LogP) is 3.53. The monoisotopic (exact) mass is 427 g/mol. The predicted molar refractivity (Wildman–Crippen MR) is 110 cm³/mol. The van der Waals surface area contributed by atoms with Crippen LogP contribution < -0.4 is 9.73 Å². The molecule has 0 aromatic heterocycles. The number of nitrogens with one attached hydrogen (secondary N) is 1. The molecule has 1 amide bonds. The van der Waals surface area contributed by atoms with Crippen molar-refractivity contribution in [3.63, 3.8) is 0 Å². The van der Waals surface area contributed by atoms with Crippen molar-refractivity contribution in [3.05, 3.63) is 63.1 Å². The van der Waals surface area contributed by atoms with Gasteiger partial charge in [-0.25, -0.2) is 13.8 Å². The summed E-state index contributed by atoms with van der Waals surface area (Å²) in [5, 5.41) is 4.58. The van der Waals surface area contributed by atoms with Crippen molar-refractivity contribution in [2.45, 2.75) is 13.8 Å². The van der Waals surface area contributed by atoms with Crippen molar-refractivity contribution < 1.29 is 13.2 Å². The molecule has 6 nitrogen and oxygen atoms in total. The van der Waals surface area contributed by atoms with Gasteiger partial charge in [0.15, 0.2) is 0 Å². The fraction of sp³-hybridized carbons (Fsp3) is 0.222. The minimum Gasteiger partial charge on any atom is -0.271 e. The molecule has 0 aliphatic heterocycles. The summed E-state index contributed by atoms with van der Waals surface area (Å²) in [5.74, 6) is -0.597. The smallest absolute Gasteiger partial charge is 0.260 e. The van der Waals surface area contributed by atoms with Crippen molar-refractivity contribution in [3.8, 4) is 0 Å². The topological polar surface area (TPSA) is 78.8 Å². The Bertz CT molecular complexity index is 971. The largest absolute Gasteiger partial charge is 0.271 e. The van der Waals surface area contributed by atoms with Crippen molar-refractivity contribution in [1.29, 1.82) is 0 Å². The third-order valence-corrected chi connectivity index (χ3v) is 5.70. The van der Waals surface area contributed by atoms with Crippen molar-refractivity contribution >= 4 is 51.0 Å². The number of hydrogen-bond donors (Lipinski definition) is 1. The molecule has 2 aromatic carbocycles. The molecule has 2 rings (SSSR count). The highest BCUT2D eigenvalue weighted by Gasteiger charge is 2.22. The van der Waals surface area contributed by atoms with Gasteiger partial charge in [-0.3, -0.25) is 9.10 Å². The van der Waals surface area contributed by atoms with E-state index in [2.05, 4.69) is 10.5 Å². The Labute approximate surface area is 168 Å². The van der Waals surface area contributed by atoms with E-state index in [0.717, 1.165) is 21.7 Å². The fourth-order valence-electron chi connectivity index (χ4n) is 2.36. The SMILES string of the molecule is Cc1cccc(N(CC(=O)N/N=C\c2c(Cl)cccc2Cl)S(C)(=O)=O)c1C. The summed E-state index contributed by atoms with van der Waals surface area (Å²) in [4.78, 5) is 12.2. The lowest BCUT2D eigenvalue weighted by molar-refractivity contribution is -0.119. The normalized spacial score (nSPS) is 11.6. The molecule has 0 unspecified atom stereocenters. The number of halogens is 2. The molecule has 9 heteroatoms. The van der Waals surface area contributed by atoms with Crippen LogP contribution in [-0.4, -0.2) is 33.3 Å². The molecule has 0 fully saturated rings. The Morgan fingerprint density at radius 2 is 1.74 bits per heavy atom. The second-order valence-corrected chi connectivity index (χ2v) is 8.64. The molecule has 0 radical (unpaired) electrons. The Morgan fingerprint density at radius 1 is 1.15 bits per heavy atom. The average molecular weight is 428 g/mol. The number of hydrogen-bond acceptors (Lipinski definition) is 4. The van der Waals surface area contributed by atoms with E-state index in [0.29, 0.717) is 21.3 Å². The van der Waals surface area contributed by atoms with E-state index in [1.165, 1.54) is 6.21 Å². The van der Waals surface area contributed by atoms with Crippen LogP contribution in [0.2, 0.25) is 10.0 Å². The fourth-order valence-corrected chi connectivity index (χ4v) is 3.76. The van der Waals surface area contributed by atoms with Crippen LogP contribution in [0.25, 0.3) is 0 Å². The van der Waals surface area contributed by atoms with E-state index in [-0.39, 0.29) is 0 Å². The van der Waals surface area contributed by atoms with Crippen LogP contribution >= 0.6 is 23.2 Å². The van der Waals surface area contributed by atoms with Crippen molar-refractivity contribution in [2.24, 2.45) is 5.10 Å². The van der Waals surface area contributed by atoms with E-state index in [1.54, 1.807) is 37.3 Å². The Balaban J connectivity index is 2.18. The number of rotatable bonds is 6. The van der Waals surface area contributed by atoms with Gasteiger partial charge in [-0.15, -0.1) is 0 Å². The van der Waals surface area contributed by atoms with Crippen LogP contribution in [0.5, 0.6) is 0 Å². The van der Waals surface area contributed by atoms with Crippen LogP contribution in [0, 0.1) is 13.8 Å². The molecule has 0 bridgehead atoms. The van der Waals surface area contributed by atoms with Gasteiger partial charge in [0.2, 0.25) is 10.0 Å². The number of anilines is 1. The lowest BCUT2D eigenvalue weighted by Crippen LogP contribution is -2.39. The van der Waals surface area contributed by atoms with Gasteiger partial charge in [0, 0.05) is 5.56 Å². The minimum atomic E-state index is -3.66. The highest BCUT2D eigenvalue weighted by atomic mass is 35.5. The number of amides is 1. The molecule has 0 heterocycles. The highest BCUT2D eigenvalue weighted by Crippen LogP contribution is 2.25. The molecule has 0 aliphatic rings. The summed E-state index contributed by atoms with van der Waals surface area (Å²) in [6.45, 7) is 3.27. The third kappa shape index (κ3) is 5.45. The number of benzene rings is 2. The van der Waals surface area contributed by atoms with E-state index >= 15 is 0 Å². The zero-order valence-electron chi connectivity index (χ0n) is 15.0. The van der Waals surface area contributed by atoms with E-state index in [1.807, 2.05) is 13.0 Å². The van der Waals surface area contributed by atoms with Crippen LogP contribution in [0.15, 0.2) is 41.5 Å². The molecular weight excluding hydrogens is 409 g/mol. The van der Waals surface area contributed by atoms with Crippen molar-refractivity contribution in [2.75, 3.05) is 17.1 Å². The Hall–Kier alpha value is -2.09. The summed E-state index contributed by atoms with van der Waals surface area (Å²) in [6.07, 6.45) is 2.36. The number of hydrazone groups is 1. The molecular formula is C18H19Cl2N3O3S. The summed E-state index contributed by atoms with van der Waals surface area (Å²) >= 11 is 12.1. The number of aryl methyl sites for hydroxylation is 1. The zero-order valence-corrected chi connectivity index (χ0v) is 17.4. The van der Waals surface area contributed by atoms with Crippen LogP contribution in [0.4, 0.5) is 5.69 Å². The maximum absolute atomic E-state index is 12.2. The van der Waals surface area contributed by atoms with Gasteiger partial charge in [0.25, 0.3) is 5.91 Å². The summed E-state index contributed by atoms with van der Waals surface area (Å²) < 4.78 is 25.4. The average Bonchev–Trinajstić information content (AvgIpc) is 2.57. The standard InChI is InChI=1S/C18H19Cl2N3O3S/c1-12-6-4-9-17(13(12)2)23(27(3,25)26)11-18(24)22-21-10-14-15(19)7-5-8-16(14)20/h4-10H,11H2,1-3H3,(H,22,24)/b21-10-. The maximum Gasteiger partial charge on any atom is 0.260 e. The number of nitrogens with zero attached hydrogens (tertiary/aromatic N) is 2. The van der Waals surface area contributed by atoms with Gasteiger partial charge in [0.1, 0.15) is 6.54 Å². The maximum atomic E-state index is 12.2. The molecule has 0 saturated heterocycles. The van der Waals surface area contributed by atoms with Crippen LogP contribution in [0.1, 0.15) is 16.7 Å². The molecule has 144 valence electrons. The first-order valence-electron chi connectivity index (χ1n) is 7.91. The van der Waals surface area contributed by atoms with E-state index in [4.69, 9.17) is 23.2 Å². The summed E-state index contributed by atoms with van der Waals surface area (Å²) in [6, 6.07) is 10.2. The zero-order chi connectivity index (χ0) is 20.2. The second-order valence-electron chi connectivity index (χ2n) is 5.92. The minimum absolute atomic E-state index is 0.383. The van der Waals surface area contributed by atoms with Gasteiger partial charge >= 0.3 is 0 Å². The highest BCUT2D eigenvalue weighted by molar-refractivity contribution is 7.92. The summed E-state index contributed by atoms with van der Waals surface area (Å²) in [7, 11) is -3.66. The molecule has 0 saturated carbocycles. The first-order chi connectivity index (χ1) is 12.6. The Morgan fingerprint density at radius 3 is 2.33 bits per heavy atom. The second kappa shape index (κ2) is 8.73. The number of carbonyl (C=O) groups excluding carboxylic acids is 1. The summed E-state index contributed by atoms with van der Waals surface area (Å²) in [5.41, 5.74) is 4.91. The number of sulfonamides is 1. The first kappa shape index (κ1) is 21.2. The third-order valence-electron chi connectivity index (χ3n) is 3.91. The van der Waals surface area contributed by atoms with E-state index < -0.39 is 22.5 Å². The molecule has 0 spiro atoms. The van der Waals surface area contributed by atoms with Gasteiger partial charge in [-0.1, -0.05) is 41.4 Å². The molecule has 2 aromatic rings. The lowest BCUT2D eigenvalue weighted by Gasteiger charge is -2.23. The molecule has 27 heavy (non-hydrogen) atoms. The molecule has 0 aliphatic carbocycles. The van der Waals surface area contributed by atoms with Gasteiger partial charge < -0.3 is 0 Å². The van der Waals surface area contributed by atoms with Gasteiger partial charge in [-0.2, -0.15) is 5.10 Å². The van der Waals surface area contributed by atoms with Gasteiger partial charge in [-0.05, 0) is 43.2 Å². The number of carbonyl (C=O) groups is 1. The van der Waals surface area contributed by atoms with Crippen LogP contribution in [-0.2, 0) is 14.8 Å².